The summed E-state index contributed by atoms with van der Waals surface area (Å²) in [5.74, 6) is 2.00. The normalized spacial score (nSPS) is 12.8. The standard InChI is InChI=1S/C40H39N5O4/c1-29(46)39(31-24-26-45(28-31)25-23-30-19-20-35(47-2)36(27-30)48-3)49-38-22-21-37(41-43-38)42-44-40(32-13-7-4-8-14-32,33-15-9-5-10-16-33)34-17-11-6-12-18-34/h4-22,24,26-29,39,46H,23,25H2,1-3H3. The highest BCUT2D eigenvalue weighted by Gasteiger charge is 2.37. The number of aliphatic hydroxyl groups is 1. The number of aryl methyl sites for hydroxylation is 2. The third-order valence-electron chi connectivity index (χ3n) is 8.40. The van der Waals surface area contributed by atoms with Crippen molar-refractivity contribution >= 4 is 5.82 Å². The monoisotopic (exact) mass is 653 g/mol. The Morgan fingerprint density at radius 3 is 1.88 bits per heavy atom. The summed E-state index contributed by atoms with van der Waals surface area (Å²) in [5, 5.41) is 28.9. The molecule has 0 saturated carbocycles. The van der Waals surface area contributed by atoms with Gasteiger partial charge in [0, 0.05) is 30.6 Å². The average molecular weight is 654 g/mol. The lowest BCUT2D eigenvalue weighted by Crippen LogP contribution is -2.26. The summed E-state index contributed by atoms with van der Waals surface area (Å²) in [7, 11) is 3.26. The second kappa shape index (κ2) is 15.4. The topological polar surface area (TPSA) is 103 Å². The number of aromatic nitrogens is 3. The molecule has 1 N–H and O–H groups in total. The molecule has 0 fully saturated rings. The fourth-order valence-electron chi connectivity index (χ4n) is 5.90. The predicted molar refractivity (Wildman–Crippen MR) is 188 cm³/mol. The smallest absolute Gasteiger partial charge is 0.234 e. The number of azo groups is 1. The average Bonchev–Trinajstić information content (AvgIpc) is 3.63. The minimum atomic E-state index is -0.912. The van der Waals surface area contributed by atoms with E-state index in [9.17, 15) is 5.11 Å². The van der Waals surface area contributed by atoms with Crippen molar-refractivity contribution in [2.45, 2.75) is 37.6 Å². The molecule has 0 amide bonds. The minimum absolute atomic E-state index is 0.267. The number of ether oxygens (including phenoxy) is 3. The van der Waals surface area contributed by atoms with E-state index in [1.165, 1.54) is 0 Å². The van der Waals surface area contributed by atoms with Gasteiger partial charge in [0.2, 0.25) is 5.88 Å². The van der Waals surface area contributed by atoms with Crippen LogP contribution in [0.15, 0.2) is 150 Å². The van der Waals surface area contributed by atoms with Gasteiger partial charge in [-0.25, -0.2) is 0 Å². The van der Waals surface area contributed by atoms with Crippen molar-refractivity contribution in [2.75, 3.05) is 14.2 Å². The zero-order valence-corrected chi connectivity index (χ0v) is 27.8. The lowest BCUT2D eigenvalue weighted by molar-refractivity contribution is 0.0444. The molecule has 0 bridgehead atoms. The second-order valence-electron chi connectivity index (χ2n) is 11.6. The molecule has 9 nitrogen and oxygen atoms in total. The van der Waals surface area contributed by atoms with Gasteiger partial charge in [-0.1, -0.05) is 97.1 Å². The third kappa shape index (κ3) is 7.52. The van der Waals surface area contributed by atoms with Crippen LogP contribution in [0.2, 0.25) is 0 Å². The fraction of sp³-hybridized carbons (Fsp3) is 0.200. The van der Waals surface area contributed by atoms with Crippen LogP contribution in [0.25, 0.3) is 0 Å². The number of hydrogen-bond acceptors (Lipinski definition) is 8. The maximum atomic E-state index is 10.7. The summed E-state index contributed by atoms with van der Waals surface area (Å²) >= 11 is 0. The minimum Gasteiger partial charge on any atom is -0.493 e. The van der Waals surface area contributed by atoms with Gasteiger partial charge in [0.1, 0.15) is 0 Å². The lowest BCUT2D eigenvalue weighted by atomic mass is 9.78. The van der Waals surface area contributed by atoms with Crippen LogP contribution in [-0.4, -0.2) is 40.2 Å². The first-order valence-electron chi connectivity index (χ1n) is 16.1. The Kier molecular flexibility index (Phi) is 10.4. The molecular formula is C40H39N5O4. The summed E-state index contributed by atoms with van der Waals surface area (Å²) in [6.45, 7) is 2.43. The van der Waals surface area contributed by atoms with E-state index in [0.717, 1.165) is 40.8 Å². The Hall–Kier alpha value is -5.80. The number of benzene rings is 4. The fourth-order valence-corrected chi connectivity index (χ4v) is 5.90. The Morgan fingerprint density at radius 2 is 1.35 bits per heavy atom. The summed E-state index contributed by atoms with van der Waals surface area (Å²) in [4.78, 5) is 0. The van der Waals surface area contributed by atoms with Crippen LogP contribution in [-0.2, 0) is 18.5 Å². The maximum absolute atomic E-state index is 10.7. The van der Waals surface area contributed by atoms with Gasteiger partial charge < -0.3 is 23.9 Å². The molecule has 6 rings (SSSR count). The number of aliphatic hydroxyl groups excluding tert-OH is 1. The van der Waals surface area contributed by atoms with E-state index in [-0.39, 0.29) is 5.88 Å². The van der Waals surface area contributed by atoms with E-state index >= 15 is 0 Å². The second-order valence-corrected chi connectivity index (χ2v) is 11.6. The summed E-state index contributed by atoms with van der Waals surface area (Å²) in [6.07, 6.45) is 3.29. The highest BCUT2D eigenvalue weighted by atomic mass is 16.5. The van der Waals surface area contributed by atoms with Crippen LogP contribution in [0, 0.1) is 0 Å². The van der Waals surface area contributed by atoms with Gasteiger partial charge in [-0.05, 0) is 59.9 Å². The van der Waals surface area contributed by atoms with Crippen molar-refractivity contribution in [3.8, 4) is 17.4 Å². The molecule has 0 aliphatic heterocycles. The first-order chi connectivity index (χ1) is 24.0. The van der Waals surface area contributed by atoms with Gasteiger partial charge in [-0.3, -0.25) is 0 Å². The van der Waals surface area contributed by atoms with Gasteiger partial charge in [0.25, 0.3) is 0 Å². The molecule has 0 aliphatic carbocycles. The maximum Gasteiger partial charge on any atom is 0.234 e. The third-order valence-corrected chi connectivity index (χ3v) is 8.40. The first-order valence-corrected chi connectivity index (χ1v) is 16.1. The Balaban J connectivity index is 1.20. The van der Waals surface area contributed by atoms with Crippen molar-refractivity contribution in [1.82, 2.24) is 14.8 Å². The molecule has 6 aromatic rings. The quantitative estimate of drug-likeness (QED) is 0.0941. The van der Waals surface area contributed by atoms with Crippen molar-refractivity contribution in [3.05, 3.63) is 168 Å². The Morgan fingerprint density at radius 1 is 0.735 bits per heavy atom. The summed E-state index contributed by atoms with van der Waals surface area (Å²) < 4.78 is 19.0. The molecule has 0 radical (unpaired) electrons. The van der Waals surface area contributed by atoms with Gasteiger partial charge in [0.05, 0.1) is 20.3 Å². The molecule has 9 heteroatoms. The van der Waals surface area contributed by atoms with E-state index in [1.807, 2.05) is 91.3 Å². The molecule has 0 aliphatic rings. The number of hydrogen-bond donors (Lipinski definition) is 1. The van der Waals surface area contributed by atoms with Crippen LogP contribution in [0.1, 0.15) is 40.8 Å². The first kappa shape index (κ1) is 33.1. The van der Waals surface area contributed by atoms with Crippen molar-refractivity contribution in [3.63, 3.8) is 0 Å². The van der Waals surface area contributed by atoms with Gasteiger partial charge in [-0.15, -0.1) is 15.3 Å². The predicted octanol–water partition coefficient (Wildman–Crippen LogP) is 8.11. The summed E-state index contributed by atoms with van der Waals surface area (Å²) in [6, 6.07) is 41.6. The molecule has 2 unspecified atom stereocenters. The van der Waals surface area contributed by atoms with Crippen molar-refractivity contribution in [1.29, 1.82) is 0 Å². The zero-order chi connectivity index (χ0) is 34.1. The van der Waals surface area contributed by atoms with Gasteiger partial charge in [-0.2, -0.15) is 5.11 Å². The van der Waals surface area contributed by atoms with Gasteiger partial charge in [0.15, 0.2) is 29.0 Å². The van der Waals surface area contributed by atoms with Crippen LogP contribution in [0.4, 0.5) is 5.82 Å². The lowest BCUT2D eigenvalue weighted by Gasteiger charge is -2.30. The van der Waals surface area contributed by atoms with Crippen LogP contribution >= 0.6 is 0 Å². The SMILES string of the molecule is COc1ccc(CCn2ccc(C(Oc3ccc(N=NC(c4ccccc4)(c4ccccc4)c4ccccc4)nn3)C(C)O)c2)cc1OC. The highest BCUT2D eigenvalue weighted by molar-refractivity contribution is 5.50. The highest BCUT2D eigenvalue weighted by Crippen LogP contribution is 2.41. The van der Waals surface area contributed by atoms with Crippen LogP contribution in [0.3, 0.4) is 0 Å². The zero-order valence-electron chi connectivity index (χ0n) is 27.8. The molecule has 248 valence electrons. The van der Waals surface area contributed by atoms with Crippen LogP contribution < -0.4 is 14.2 Å². The molecule has 2 aromatic heterocycles. The molecule has 2 atom stereocenters. The molecule has 4 aromatic carbocycles. The van der Waals surface area contributed by atoms with Gasteiger partial charge >= 0.3 is 0 Å². The molecular weight excluding hydrogens is 614 g/mol. The molecule has 0 saturated heterocycles. The van der Waals surface area contributed by atoms with Crippen molar-refractivity contribution < 1.29 is 19.3 Å². The van der Waals surface area contributed by atoms with E-state index in [0.29, 0.717) is 17.3 Å². The molecule has 49 heavy (non-hydrogen) atoms. The largest absolute Gasteiger partial charge is 0.493 e. The Bertz CT molecular complexity index is 1850. The van der Waals surface area contributed by atoms with E-state index in [1.54, 1.807) is 33.3 Å². The Labute approximate surface area is 286 Å². The number of methoxy groups -OCH3 is 2. The van der Waals surface area contributed by atoms with E-state index in [4.69, 9.17) is 19.3 Å². The van der Waals surface area contributed by atoms with E-state index in [2.05, 4.69) is 56.3 Å². The van der Waals surface area contributed by atoms with Crippen molar-refractivity contribution in [2.24, 2.45) is 10.2 Å². The molecule has 0 spiro atoms. The molecule has 2 heterocycles. The van der Waals surface area contributed by atoms with Crippen LogP contribution in [0.5, 0.6) is 17.4 Å². The van der Waals surface area contributed by atoms with E-state index < -0.39 is 17.7 Å². The summed E-state index contributed by atoms with van der Waals surface area (Å²) in [5.41, 5.74) is 3.95. The number of nitrogens with zero attached hydrogens (tertiary/aromatic N) is 5. The number of rotatable bonds is 14.